The van der Waals surface area contributed by atoms with Gasteiger partial charge in [0.05, 0.1) is 5.38 Å². The average Bonchev–Trinajstić information content (AvgIpc) is 2.43. The maximum atomic E-state index is 13.6. The van der Waals surface area contributed by atoms with Gasteiger partial charge in [-0.25, -0.2) is 4.39 Å². The second kappa shape index (κ2) is 7.06. The van der Waals surface area contributed by atoms with E-state index in [1.165, 1.54) is 6.07 Å². The minimum Gasteiger partial charge on any atom is -0.207 e. The van der Waals surface area contributed by atoms with Crippen molar-refractivity contribution in [2.45, 2.75) is 24.6 Å². The lowest BCUT2D eigenvalue weighted by atomic mass is 10.0. The third-order valence-electron chi connectivity index (χ3n) is 3.07. The molecular formula is C16H15BrClF. The quantitative estimate of drug-likeness (QED) is 0.595. The molecule has 19 heavy (non-hydrogen) atoms. The number of halogens is 3. The van der Waals surface area contributed by atoms with Crippen LogP contribution in [0.25, 0.3) is 0 Å². The van der Waals surface area contributed by atoms with E-state index in [1.807, 2.05) is 36.4 Å². The van der Waals surface area contributed by atoms with Crippen LogP contribution in [0.15, 0.2) is 53.0 Å². The highest BCUT2D eigenvalue weighted by molar-refractivity contribution is 9.10. The first-order valence-electron chi connectivity index (χ1n) is 6.30. The summed E-state index contributed by atoms with van der Waals surface area (Å²) in [6, 6.07) is 15.0. The van der Waals surface area contributed by atoms with E-state index in [9.17, 15) is 4.39 Å². The summed E-state index contributed by atoms with van der Waals surface area (Å²) in [5, 5.41) is -0.00332. The molecule has 1 unspecified atom stereocenters. The maximum Gasteiger partial charge on any atom is 0.126 e. The van der Waals surface area contributed by atoms with Crippen molar-refractivity contribution in [1.82, 2.24) is 0 Å². The lowest BCUT2D eigenvalue weighted by molar-refractivity contribution is 0.598. The van der Waals surface area contributed by atoms with Crippen molar-refractivity contribution in [3.63, 3.8) is 0 Å². The zero-order valence-electron chi connectivity index (χ0n) is 10.5. The van der Waals surface area contributed by atoms with Crippen LogP contribution in [0, 0.1) is 5.82 Å². The normalized spacial score (nSPS) is 12.4. The SMILES string of the molecule is Fc1ccc(Br)cc1CCCC(Cl)c1ccccc1. The molecule has 0 fully saturated rings. The first kappa shape index (κ1) is 14.5. The average molecular weight is 342 g/mol. The molecule has 0 amide bonds. The van der Waals surface area contributed by atoms with Crippen LogP contribution in [0.5, 0.6) is 0 Å². The lowest BCUT2D eigenvalue weighted by Crippen LogP contribution is -1.95. The fraction of sp³-hybridized carbons (Fsp3) is 0.250. The van der Waals surface area contributed by atoms with Crippen molar-refractivity contribution in [2.24, 2.45) is 0 Å². The molecule has 0 aliphatic heterocycles. The highest BCUT2D eigenvalue weighted by atomic mass is 79.9. The second-order valence-electron chi connectivity index (χ2n) is 4.51. The molecule has 0 N–H and O–H groups in total. The van der Waals surface area contributed by atoms with Crippen molar-refractivity contribution in [3.05, 3.63) is 69.9 Å². The Bertz CT molecular complexity index is 528. The second-order valence-corrected chi connectivity index (χ2v) is 5.95. The van der Waals surface area contributed by atoms with Crippen molar-refractivity contribution < 1.29 is 4.39 Å². The van der Waals surface area contributed by atoms with Crippen molar-refractivity contribution in [3.8, 4) is 0 Å². The summed E-state index contributed by atoms with van der Waals surface area (Å²) >= 11 is 9.70. The molecule has 0 aliphatic carbocycles. The van der Waals surface area contributed by atoms with E-state index in [-0.39, 0.29) is 11.2 Å². The van der Waals surface area contributed by atoms with Crippen LogP contribution in [0.3, 0.4) is 0 Å². The van der Waals surface area contributed by atoms with Crippen LogP contribution in [0.1, 0.15) is 29.3 Å². The summed E-state index contributed by atoms with van der Waals surface area (Å²) in [5.74, 6) is -0.144. The molecule has 2 aromatic rings. The first-order valence-corrected chi connectivity index (χ1v) is 7.52. The predicted molar refractivity (Wildman–Crippen MR) is 82.1 cm³/mol. The molecule has 0 bridgehead atoms. The molecule has 0 radical (unpaired) electrons. The Morgan fingerprint density at radius 3 is 2.58 bits per heavy atom. The third-order valence-corrected chi connectivity index (χ3v) is 4.04. The van der Waals surface area contributed by atoms with E-state index in [2.05, 4.69) is 15.9 Å². The van der Waals surface area contributed by atoms with E-state index >= 15 is 0 Å². The number of hydrogen-bond donors (Lipinski definition) is 0. The number of hydrogen-bond acceptors (Lipinski definition) is 0. The van der Waals surface area contributed by atoms with Crippen molar-refractivity contribution in [2.75, 3.05) is 0 Å². The maximum absolute atomic E-state index is 13.6. The van der Waals surface area contributed by atoms with Gasteiger partial charge in [-0.3, -0.25) is 0 Å². The molecule has 0 nitrogen and oxygen atoms in total. The van der Waals surface area contributed by atoms with Gasteiger partial charge in [-0.2, -0.15) is 0 Å². The van der Waals surface area contributed by atoms with Crippen LogP contribution in [0.4, 0.5) is 4.39 Å². The number of rotatable bonds is 5. The molecule has 2 rings (SSSR count). The highest BCUT2D eigenvalue weighted by Crippen LogP contribution is 2.26. The largest absolute Gasteiger partial charge is 0.207 e. The van der Waals surface area contributed by atoms with Gasteiger partial charge in [-0.05, 0) is 48.6 Å². The Balaban J connectivity index is 1.88. The Kier molecular flexibility index (Phi) is 5.41. The summed E-state index contributed by atoms with van der Waals surface area (Å²) in [5.41, 5.74) is 1.87. The van der Waals surface area contributed by atoms with E-state index in [1.54, 1.807) is 6.07 Å². The molecule has 0 aromatic heterocycles. The number of benzene rings is 2. The van der Waals surface area contributed by atoms with E-state index < -0.39 is 0 Å². The van der Waals surface area contributed by atoms with Crippen LogP contribution in [-0.4, -0.2) is 0 Å². The molecule has 1 atom stereocenters. The smallest absolute Gasteiger partial charge is 0.126 e. The standard InChI is InChI=1S/C16H15BrClF/c17-14-9-10-16(19)13(11-14)7-4-8-15(18)12-5-2-1-3-6-12/h1-3,5-6,9-11,15H,4,7-8H2. The Labute approximate surface area is 126 Å². The molecular weight excluding hydrogens is 327 g/mol. The predicted octanol–water partition coefficient (Wildman–Crippen LogP) is 5.89. The van der Waals surface area contributed by atoms with E-state index in [0.29, 0.717) is 6.42 Å². The molecule has 0 saturated carbocycles. The van der Waals surface area contributed by atoms with Gasteiger partial charge in [0.25, 0.3) is 0 Å². The number of aryl methyl sites for hydroxylation is 1. The van der Waals surface area contributed by atoms with Crippen LogP contribution in [-0.2, 0) is 6.42 Å². The molecule has 0 heterocycles. The third kappa shape index (κ3) is 4.32. The molecule has 3 heteroatoms. The van der Waals surface area contributed by atoms with Gasteiger partial charge in [-0.1, -0.05) is 46.3 Å². The van der Waals surface area contributed by atoms with Gasteiger partial charge >= 0.3 is 0 Å². The molecule has 2 aromatic carbocycles. The molecule has 0 spiro atoms. The minimum atomic E-state index is -0.144. The van der Waals surface area contributed by atoms with Crippen molar-refractivity contribution >= 4 is 27.5 Å². The van der Waals surface area contributed by atoms with Gasteiger partial charge in [0.1, 0.15) is 5.82 Å². The zero-order chi connectivity index (χ0) is 13.7. The number of alkyl halides is 1. The summed E-state index contributed by atoms with van der Waals surface area (Å²) < 4.78 is 14.5. The van der Waals surface area contributed by atoms with Crippen LogP contribution < -0.4 is 0 Å². The monoisotopic (exact) mass is 340 g/mol. The Hall–Kier alpha value is -0.860. The van der Waals surface area contributed by atoms with Gasteiger partial charge in [0, 0.05) is 4.47 Å². The summed E-state index contributed by atoms with van der Waals surface area (Å²) in [6.07, 6.45) is 2.43. The van der Waals surface area contributed by atoms with Gasteiger partial charge in [0.15, 0.2) is 0 Å². The summed E-state index contributed by atoms with van der Waals surface area (Å²) in [6.45, 7) is 0. The molecule has 0 saturated heterocycles. The lowest BCUT2D eigenvalue weighted by Gasteiger charge is -2.10. The van der Waals surface area contributed by atoms with E-state index in [0.717, 1.165) is 28.4 Å². The Morgan fingerprint density at radius 2 is 1.84 bits per heavy atom. The van der Waals surface area contributed by atoms with Crippen LogP contribution in [0.2, 0.25) is 0 Å². The van der Waals surface area contributed by atoms with Crippen LogP contribution >= 0.6 is 27.5 Å². The minimum absolute atomic E-state index is 0.00332. The van der Waals surface area contributed by atoms with E-state index in [4.69, 9.17) is 11.6 Å². The van der Waals surface area contributed by atoms with Gasteiger partial charge in [-0.15, -0.1) is 11.6 Å². The first-order chi connectivity index (χ1) is 9.16. The fourth-order valence-corrected chi connectivity index (χ4v) is 2.74. The zero-order valence-corrected chi connectivity index (χ0v) is 12.8. The fourth-order valence-electron chi connectivity index (χ4n) is 2.04. The Morgan fingerprint density at radius 1 is 1.11 bits per heavy atom. The summed E-state index contributed by atoms with van der Waals surface area (Å²) in [4.78, 5) is 0. The van der Waals surface area contributed by atoms with Crippen molar-refractivity contribution in [1.29, 1.82) is 0 Å². The topological polar surface area (TPSA) is 0 Å². The molecule has 100 valence electrons. The summed E-state index contributed by atoms with van der Waals surface area (Å²) in [7, 11) is 0. The van der Waals surface area contributed by atoms with Gasteiger partial charge < -0.3 is 0 Å². The van der Waals surface area contributed by atoms with Gasteiger partial charge in [0.2, 0.25) is 0 Å². The highest BCUT2D eigenvalue weighted by Gasteiger charge is 2.08. The molecule has 0 aliphatic rings.